The van der Waals surface area contributed by atoms with Crippen molar-refractivity contribution >= 4 is 5.78 Å². The molecule has 4 atom stereocenters. The lowest BCUT2D eigenvalue weighted by molar-refractivity contribution is -0.124. The molecule has 0 heterocycles. The highest BCUT2D eigenvalue weighted by Gasteiger charge is 2.45. The van der Waals surface area contributed by atoms with Crippen LogP contribution in [0.25, 0.3) is 0 Å². The van der Waals surface area contributed by atoms with Gasteiger partial charge in [0.05, 0.1) is 0 Å². The van der Waals surface area contributed by atoms with Gasteiger partial charge < -0.3 is 5.73 Å². The molecule has 0 amide bonds. The number of carbonyl (C=O) groups excluding carboxylic acids is 1. The average molecular weight is 217 g/mol. The van der Waals surface area contributed by atoms with E-state index >= 15 is 0 Å². The quantitative estimate of drug-likeness (QED) is 0.841. The Balaban J connectivity index is 1.99. The van der Waals surface area contributed by atoms with Gasteiger partial charge in [0.2, 0.25) is 0 Å². The Kier molecular flexibility index (Phi) is 3.10. The van der Waals surface area contributed by atoms with Crippen LogP contribution in [-0.2, 0) is 4.79 Å². The van der Waals surface area contributed by atoms with Gasteiger partial charge >= 0.3 is 0 Å². The van der Waals surface area contributed by atoms with Crippen molar-refractivity contribution in [3.8, 4) is 0 Å². The summed E-state index contributed by atoms with van der Waals surface area (Å²) < 4.78 is 0. The molecule has 0 aromatic heterocycles. The number of ketones is 1. The van der Waals surface area contributed by atoms with Crippen LogP contribution in [-0.4, -0.2) is 11.8 Å². The van der Waals surface area contributed by atoms with E-state index in [0.29, 0.717) is 11.7 Å². The van der Waals surface area contributed by atoms with Crippen LogP contribution in [0.4, 0.5) is 0 Å². The van der Waals surface area contributed by atoms with Gasteiger partial charge in [0, 0.05) is 17.9 Å². The SMILES string of the molecule is CC(N)C(C)C(=O)C1CC1c1ccccc1. The third-order valence-corrected chi connectivity index (χ3v) is 3.62. The summed E-state index contributed by atoms with van der Waals surface area (Å²) in [5, 5.41) is 0. The molecule has 16 heavy (non-hydrogen) atoms. The molecule has 86 valence electrons. The summed E-state index contributed by atoms with van der Waals surface area (Å²) >= 11 is 0. The van der Waals surface area contributed by atoms with E-state index in [1.165, 1.54) is 5.56 Å². The van der Waals surface area contributed by atoms with Gasteiger partial charge in [-0.2, -0.15) is 0 Å². The maximum Gasteiger partial charge on any atom is 0.140 e. The van der Waals surface area contributed by atoms with Crippen molar-refractivity contribution in [1.29, 1.82) is 0 Å². The van der Waals surface area contributed by atoms with Crippen LogP contribution in [0.3, 0.4) is 0 Å². The van der Waals surface area contributed by atoms with Gasteiger partial charge in [-0.3, -0.25) is 4.79 Å². The van der Waals surface area contributed by atoms with Crippen molar-refractivity contribution in [3.63, 3.8) is 0 Å². The molecular weight excluding hydrogens is 198 g/mol. The molecule has 1 aliphatic carbocycles. The van der Waals surface area contributed by atoms with Gasteiger partial charge in [0.25, 0.3) is 0 Å². The second-order valence-corrected chi connectivity index (χ2v) is 4.91. The van der Waals surface area contributed by atoms with Crippen LogP contribution in [0.1, 0.15) is 31.7 Å². The smallest absolute Gasteiger partial charge is 0.140 e. The third-order valence-electron chi connectivity index (χ3n) is 3.62. The van der Waals surface area contributed by atoms with Gasteiger partial charge in [-0.05, 0) is 24.8 Å². The normalized spacial score (nSPS) is 27.2. The van der Waals surface area contributed by atoms with Crippen molar-refractivity contribution in [2.75, 3.05) is 0 Å². The number of carbonyl (C=O) groups is 1. The maximum atomic E-state index is 12.1. The zero-order chi connectivity index (χ0) is 11.7. The fourth-order valence-electron chi connectivity index (χ4n) is 2.17. The van der Waals surface area contributed by atoms with Gasteiger partial charge in [0.15, 0.2) is 0 Å². The van der Waals surface area contributed by atoms with Crippen LogP contribution in [0, 0.1) is 11.8 Å². The largest absolute Gasteiger partial charge is 0.327 e. The molecule has 2 heteroatoms. The maximum absolute atomic E-state index is 12.1. The molecule has 0 aliphatic heterocycles. The van der Waals surface area contributed by atoms with E-state index < -0.39 is 0 Å². The highest BCUT2D eigenvalue weighted by molar-refractivity contribution is 5.87. The number of rotatable bonds is 4. The van der Waals surface area contributed by atoms with Crippen LogP contribution in [0.5, 0.6) is 0 Å². The topological polar surface area (TPSA) is 43.1 Å². The van der Waals surface area contributed by atoms with E-state index in [-0.39, 0.29) is 17.9 Å². The Hall–Kier alpha value is -1.15. The van der Waals surface area contributed by atoms with E-state index in [0.717, 1.165) is 6.42 Å². The Morgan fingerprint density at radius 1 is 1.31 bits per heavy atom. The van der Waals surface area contributed by atoms with Gasteiger partial charge in [-0.1, -0.05) is 37.3 Å². The second kappa shape index (κ2) is 4.38. The summed E-state index contributed by atoms with van der Waals surface area (Å²) in [5.41, 5.74) is 7.06. The van der Waals surface area contributed by atoms with Crippen LogP contribution >= 0.6 is 0 Å². The standard InChI is InChI=1S/C14H19NO/c1-9(10(2)15)14(16)13-8-12(13)11-6-4-3-5-7-11/h3-7,9-10,12-13H,8,15H2,1-2H3. The van der Waals surface area contributed by atoms with E-state index in [2.05, 4.69) is 12.1 Å². The number of nitrogens with two attached hydrogens (primary N) is 1. The van der Waals surface area contributed by atoms with Crippen molar-refractivity contribution in [2.24, 2.45) is 17.6 Å². The first-order chi connectivity index (χ1) is 7.61. The first kappa shape index (κ1) is 11.3. The summed E-state index contributed by atoms with van der Waals surface area (Å²) in [7, 11) is 0. The lowest BCUT2D eigenvalue weighted by atomic mass is 9.94. The molecule has 0 spiro atoms. The molecule has 1 fully saturated rings. The average Bonchev–Trinajstić information content (AvgIpc) is 3.08. The molecule has 2 N–H and O–H groups in total. The Morgan fingerprint density at radius 2 is 1.94 bits per heavy atom. The zero-order valence-electron chi connectivity index (χ0n) is 9.89. The van der Waals surface area contributed by atoms with E-state index in [1.54, 1.807) is 0 Å². The van der Waals surface area contributed by atoms with Crippen molar-refractivity contribution in [2.45, 2.75) is 32.2 Å². The number of hydrogen-bond acceptors (Lipinski definition) is 2. The first-order valence-corrected chi connectivity index (χ1v) is 5.95. The molecule has 1 aromatic rings. The molecule has 2 nitrogen and oxygen atoms in total. The Labute approximate surface area is 96.8 Å². The minimum absolute atomic E-state index is 0.0151. The highest BCUT2D eigenvalue weighted by Crippen LogP contribution is 2.49. The molecule has 1 aliphatic rings. The minimum atomic E-state index is -0.0375. The van der Waals surface area contributed by atoms with E-state index in [9.17, 15) is 4.79 Å². The summed E-state index contributed by atoms with van der Waals surface area (Å²) in [6, 6.07) is 10.2. The molecule has 4 unspecified atom stereocenters. The number of benzene rings is 1. The third kappa shape index (κ3) is 2.17. The molecule has 1 aromatic carbocycles. The van der Waals surface area contributed by atoms with Gasteiger partial charge in [0.1, 0.15) is 5.78 Å². The van der Waals surface area contributed by atoms with Crippen LogP contribution in [0.2, 0.25) is 0 Å². The summed E-state index contributed by atoms with van der Waals surface area (Å²) in [6.45, 7) is 3.84. The van der Waals surface area contributed by atoms with Crippen molar-refractivity contribution < 1.29 is 4.79 Å². The van der Waals surface area contributed by atoms with Gasteiger partial charge in [-0.25, -0.2) is 0 Å². The lowest BCUT2D eigenvalue weighted by Gasteiger charge is -2.13. The predicted octanol–water partition coefficient (Wildman–Crippen LogP) is 2.34. The minimum Gasteiger partial charge on any atom is -0.327 e. The van der Waals surface area contributed by atoms with E-state index in [1.807, 2.05) is 32.0 Å². The Bertz CT molecular complexity index is 372. The molecule has 0 saturated heterocycles. The summed E-state index contributed by atoms with van der Waals surface area (Å²) in [4.78, 5) is 12.1. The molecule has 0 radical (unpaired) electrons. The molecule has 1 saturated carbocycles. The monoisotopic (exact) mass is 217 g/mol. The van der Waals surface area contributed by atoms with Crippen LogP contribution in [0.15, 0.2) is 30.3 Å². The summed E-state index contributed by atoms with van der Waals surface area (Å²) in [6.07, 6.45) is 1.000. The van der Waals surface area contributed by atoms with Crippen molar-refractivity contribution in [3.05, 3.63) is 35.9 Å². The zero-order valence-corrected chi connectivity index (χ0v) is 9.89. The highest BCUT2D eigenvalue weighted by atomic mass is 16.1. The second-order valence-electron chi connectivity index (χ2n) is 4.91. The fraction of sp³-hybridized carbons (Fsp3) is 0.500. The predicted molar refractivity (Wildman–Crippen MR) is 65.1 cm³/mol. The number of Topliss-reactive ketones (excluding diaryl/α,β-unsaturated/α-hetero) is 1. The van der Waals surface area contributed by atoms with Crippen LogP contribution < -0.4 is 5.73 Å². The van der Waals surface area contributed by atoms with Gasteiger partial charge in [-0.15, -0.1) is 0 Å². The Morgan fingerprint density at radius 3 is 2.50 bits per heavy atom. The molecular formula is C14H19NO. The fourth-order valence-corrected chi connectivity index (χ4v) is 2.17. The number of hydrogen-bond donors (Lipinski definition) is 1. The molecule has 2 rings (SSSR count). The molecule has 0 bridgehead atoms. The summed E-state index contributed by atoms with van der Waals surface area (Å²) in [5.74, 6) is 0.973. The lowest BCUT2D eigenvalue weighted by Crippen LogP contribution is -2.31. The first-order valence-electron chi connectivity index (χ1n) is 5.95. The van der Waals surface area contributed by atoms with Crippen molar-refractivity contribution in [1.82, 2.24) is 0 Å². The van der Waals surface area contributed by atoms with E-state index in [4.69, 9.17) is 5.73 Å².